The zero-order chi connectivity index (χ0) is 27.5. The molecule has 0 bridgehead atoms. The normalized spacial score (nSPS) is 15.2. The first-order valence-corrected chi connectivity index (χ1v) is 14.2. The van der Waals surface area contributed by atoms with Gasteiger partial charge in [-0.25, -0.2) is 4.79 Å². The summed E-state index contributed by atoms with van der Waals surface area (Å²) in [4.78, 5) is 45.7. The van der Waals surface area contributed by atoms with Crippen LogP contribution in [-0.2, 0) is 30.0 Å². The number of hydrogen-bond acceptors (Lipinski definition) is 8. The third kappa shape index (κ3) is 5.77. The smallest absolute Gasteiger partial charge is 0.332 e. The summed E-state index contributed by atoms with van der Waals surface area (Å²) in [6.07, 6.45) is 2.02. The molecule has 3 aromatic rings. The number of anilines is 3. The number of fused-ring (bicyclic) bond motifs is 2. The number of aryl methyl sites for hydroxylation is 1. The minimum Gasteiger partial charge on any atom is -0.469 e. The van der Waals surface area contributed by atoms with Crippen molar-refractivity contribution in [3.8, 4) is 0 Å². The highest BCUT2D eigenvalue weighted by Crippen LogP contribution is 2.48. The fourth-order valence-corrected chi connectivity index (χ4v) is 6.37. The Balaban J connectivity index is 1.24. The van der Waals surface area contributed by atoms with Crippen LogP contribution in [-0.4, -0.2) is 66.4 Å². The SMILES string of the molecule is COC(=O)CCc1ccc2c(c1)N(CCCN1CCN(c3cc(=O)n(C)c(=O)n3C)CC1)c1ccccc1S2. The number of esters is 1. The van der Waals surface area contributed by atoms with Gasteiger partial charge >= 0.3 is 11.7 Å². The lowest BCUT2D eigenvalue weighted by Gasteiger charge is -2.37. The predicted octanol–water partition coefficient (Wildman–Crippen LogP) is 3.00. The van der Waals surface area contributed by atoms with E-state index in [9.17, 15) is 14.4 Å². The second kappa shape index (κ2) is 11.7. The van der Waals surface area contributed by atoms with Crippen molar-refractivity contribution >= 4 is 34.9 Å². The third-order valence-corrected chi connectivity index (χ3v) is 8.72. The number of benzene rings is 2. The summed E-state index contributed by atoms with van der Waals surface area (Å²) in [5, 5.41) is 0. The van der Waals surface area contributed by atoms with Crippen LogP contribution in [0.5, 0.6) is 0 Å². The topological polar surface area (TPSA) is 80.0 Å². The number of para-hydroxylation sites is 1. The Morgan fingerprint density at radius 1 is 0.897 bits per heavy atom. The van der Waals surface area contributed by atoms with E-state index in [0.29, 0.717) is 18.7 Å². The largest absolute Gasteiger partial charge is 0.469 e. The van der Waals surface area contributed by atoms with Gasteiger partial charge in [-0.2, -0.15) is 0 Å². The fraction of sp³-hybridized carbons (Fsp3) is 0.414. The van der Waals surface area contributed by atoms with E-state index < -0.39 is 0 Å². The predicted molar refractivity (Wildman–Crippen MR) is 155 cm³/mol. The minimum atomic E-state index is -0.298. The van der Waals surface area contributed by atoms with E-state index >= 15 is 0 Å². The van der Waals surface area contributed by atoms with Gasteiger partial charge in [0.05, 0.1) is 18.5 Å². The van der Waals surface area contributed by atoms with Crippen LogP contribution in [0.1, 0.15) is 18.4 Å². The lowest BCUT2D eigenvalue weighted by Crippen LogP contribution is -2.49. The van der Waals surface area contributed by atoms with E-state index in [1.54, 1.807) is 29.4 Å². The first kappa shape index (κ1) is 27.1. The van der Waals surface area contributed by atoms with Gasteiger partial charge in [0, 0.05) is 69.1 Å². The Labute approximate surface area is 232 Å². The maximum absolute atomic E-state index is 12.3. The van der Waals surface area contributed by atoms with Crippen LogP contribution in [0.15, 0.2) is 67.9 Å². The number of rotatable bonds is 8. The van der Waals surface area contributed by atoms with Gasteiger partial charge in [-0.05, 0) is 49.2 Å². The molecule has 0 spiro atoms. The van der Waals surface area contributed by atoms with E-state index in [1.165, 1.54) is 35.3 Å². The van der Waals surface area contributed by atoms with Crippen molar-refractivity contribution in [1.82, 2.24) is 14.0 Å². The van der Waals surface area contributed by atoms with Gasteiger partial charge in [-0.1, -0.05) is 30.0 Å². The third-order valence-electron chi connectivity index (χ3n) is 7.59. The summed E-state index contributed by atoms with van der Waals surface area (Å²) in [6, 6.07) is 16.6. The number of nitrogens with zero attached hydrogens (tertiary/aromatic N) is 5. The van der Waals surface area contributed by atoms with Gasteiger partial charge in [0.1, 0.15) is 5.82 Å². The zero-order valence-electron chi connectivity index (χ0n) is 22.8. The monoisotopic (exact) mass is 549 g/mol. The van der Waals surface area contributed by atoms with Crippen molar-refractivity contribution in [1.29, 1.82) is 0 Å². The van der Waals surface area contributed by atoms with Gasteiger partial charge in [0.15, 0.2) is 0 Å². The molecule has 5 rings (SSSR count). The molecular weight excluding hydrogens is 514 g/mol. The molecule has 0 aliphatic carbocycles. The molecule has 1 saturated heterocycles. The summed E-state index contributed by atoms with van der Waals surface area (Å²) < 4.78 is 7.52. The molecule has 10 heteroatoms. The highest BCUT2D eigenvalue weighted by molar-refractivity contribution is 7.99. The maximum Gasteiger partial charge on any atom is 0.332 e. The standard InChI is InChI=1S/C29H35N5O4S/c1-30-26(20-27(35)31(2)29(30)37)33-17-15-32(16-18-33)13-6-14-34-22-7-4-5-8-24(22)39-25-11-9-21(19-23(25)34)10-12-28(36)38-3/h4-5,7-9,11,19-20H,6,10,12-18H2,1-3H3. The van der Waals surface area contributed by atoms with Crippen LogP contribution >= 0.6 is 11.8 Å². The number of hydrogen-bond donors (Lipinski definition) is 0. The second-order valence-electron chi connectivity index (χ2n) is 10.0. The molecular formula is C29H35N5O4S. The van der Waals surface area contributed by atoms with Crippen LogP contribution < -0.4 is 21.0 Å². The molecule has 0 amide bonds. The summed E-state index contributed by atoms with van der Waals surface area (Å²) in [5.41, 5.74) is 2.97. The van der Waals surface area contributed by atoms with Crippen molar-refractivity contribution in [3.05, 3.63) is 74.9 Å². The average Bonchev–Trinajstić information content (AvgIpc) is 2.96. The van der Waals surface area contributed by atoms with Crippen LogP contribution in [0.3, 0.4) is 0 Å². The molecule has 206 valence electrons. The van der Waals surface area contributed by atoms with Crippen LogP contribution in [0.25, 0.3) is 0 Å². The first-order valence-electron chi connectivity index (χ1n) is 13.3. The van der Waals surface area contributed by atoms with Crippen LogP contribution in [0.2, 0.25) is 0 Å². The van der Waals surface area contributed by atoms with E-state index in [4.69, 9.17) is 4.74 Å². The second-order valence-corrected chi connectivity index (χ2v) is 11.1. The van der Waals surface area contributed by atoms with Gasteiger partial charge < -0.3 is 14.5 Å². The summed E-state index contributed by atoms with van der Waals surface area (Å²) in [7, 11) is 4.65. The molecule has 0 saturated carbocycles. The quantitative estimate of drug-likeness (QED) is 0.397. The van der Waals surface area contributed by atoms with Gasteiger partial charge in [0.2, 0.25) is 0 Å². The molecule has 9 nitrogen and oxygen atoms in total. The van der Waals surface area contributed by atoms with Crippen LogP contribution in [0, 0.1) is 0 Å². The van der Waals surface area contributed by atoms with E-state index in [2.05, 4.69) is 57.2 Å². The van der Waals surface area contributed by atoms with Crippen molar-refractivity contribution in [2.75, 3.05) is 56.2 Å². The van der Waals surface area contributed by atoms with Gasteiger partial charge in [-0.15, -0.1) is 0 Å². The molecule has 0 atom stereocenters. The Kier molecular flexibility index (Phi) is 8.13. The Bertz CT molecular complexity index is 1480. The number of carbonyl (C=O) groups is 1. The molecule has 1 aromatic heterocycles. The Morgan fingerprint density at radius 2 is 1.64 bits per heavy atom. The van der Waals surface area contributed by atoms with E-state index in [1.807, 2.05) is 0 Å². The summed E-state index contributed by atoms with van der Waals surface area (Å²) in [6.45, 7) is 5.15. The van der Waals surface area contributed by atoms with E-state index in [-0.39, 0.29) is 17.2 Å². The van der Waals surface area contributed by atoms with Crippen molar-refractivity contribution in [2.24, 2.45) is 14.1 Å². The lowest BCUT2D eigenvalue weighted by atomic mass is 10.1. The summed E-state index contributed by atoms with van der Waals surface area (Å²) in [5.74, 6) is 0.492. The molecule has 1 fully saturated rings. The molecule has 3 heterocycles. The number of piperazine rings is 1. The molecule has 2 aromatic carbocycles. The van der Waals surface area contributed by atoms with Crippen molar-refractivity contribution in [2.45, 2.75) is 29.1 Å². The van der Waals surface area contributed by atoms with Crippen molar-refractivity contribution in [3.63, 3.8) is 0 Å². The Morgan fingerprint density at radius 3 is 2.41 bits per heavy atom. The Hall–Kier alpha value is -3.50. The molecule has 0 unspecified atom stereocenters. The lowest BCUT2D eigenvalue weighted by molar-refractivity contribution is -0.140. The van der Waals surface area contributed by atoms with E-state index in [0.717, 1.165) is 55.8 Å². The number of aromatic nitrogens is 2. The molecule has 39 heavy (non-hydrogen) atoms. The molecule has 2 aliphatic rings. The number of methoxy groups -OCH3 is 1. The number of carbonyl (C=O) groups excluding carboxylic acids is 1. The zero-order valence-corrected chi connectivity index (χ0v) is 23.6. The van der Waals surface area contributed by atoms with Gasteiger partial charge in [0.25, 0.3) is 5.56 Å². The first-order chi connectivity index (χ1) is 18.9. The molecule has 0 radical (unpaired) electrons. The van der Waals surface area contributed by atoms with Crippen LogP contribution in [0.4, 0.5) is 17.2 Å². The molecule has 2 aliphatic heterocycles. The fourth-order valence-electron chi connectivity index (χ4n) is 5.30. The maximum atomic E-state index is 12.3. The van der Waals surface area contributed by atoms with Crippen molar-refractivity contribution < 1.29 is 9.53 Å². The summed E-state index contributed by atoms with van der Waals surface area (Å²) >= 11 is 1.79. The average molecular weight is 550 g/mol. The highest BCUT2D eigenvalue weighted by atomic mass is 32.2. The minimum absolute atomic E-state index is 0.193. The highest BCUT2D eigenvalue weighted by Gasteiger charge is 2.25. The van der Waals surface area contributed by atoms with Gasteiger partial charge in [-0.3, -0.25) is 23.6 Å². The molecule has 0 N–H and O–H groups in total. The number of ether oxygens (including phenoxy) is 1.